The SMILES string of the molecule is CC(C)(C)CC(C)(C)NC(=O)c1ccnc2ccccc12. The Labute approximate surface area is 126 Å². The van der Waals surface area contributed by atoms with Gasteiger partial charge in [-0.3, -0.25) is 9.78 Å². The third kappa shape index (κ3) is 4.03. The second kappa shape index (κ2) is 5.47. The minimum Gasteiger partial charge on any atom is -0.347 e. The molecule has 1 aromatic heterocycles. The number of benzene rings is 1. The number of amides is 1. The number of pyridine rings is 1. The summed E-state index contributed by atoms with van der Waals surface area (Å²) >= 11 is 0. The van der Waals surface area contributed by atoms with Crippen LogP contribution in [-0.2, 0) is 0 Å². The molecule has 3 heteroatoms. The van der Waals surface area contributed by atoms with Crippen LogP contribution in [0.1, 0.15) is 51.4 Å². The third-order valence-corrected chi connectivity index (χ3v) is 3.32. The van der Waals surface area contributed by atoms with E-state index in [0.717, 1.165) is 17.3 Å². The van der Waals surface area contributed by atoms with Crippen molar-refractivity contribution in [3.05, 3.63) is 42.1 Å². The van der Waals surface area contributed by atoms with Gasteiger partial charge in [0.15, 0.2) is 0 Å². The summed E-state index contributed by atoms with van der Waals surface area (Å²) in [4.78, 5) is 16.9. The van der Waals surface area contributed by atoms with Crippen LogP contribution in [0.15, 0.2) is 36.5 Å². The first kappa shape index (κ1) is 15.5. The molecule has 1 heterocycles. The summed E-state index contributed by atoms with van der Waals surface area (Å²) in [6.45, 7) is 10.7. The summed E-state index contributed by atoms with van der Waals surface area (Å²) in [5, 5.41) is 4.05. The predicted octanol–water partition coefficient (Wildman–Crippen LogP) is 4.18. The summed E-state index contributed by atoms with van der Waals surface area (Å²) in [5.74, 6) is -0.0390. The van der Waals surface area contributed by atoms with E-state index in [4.69, 9.17) is 0 Å². The molecule has 112 valence electrons. The number of aromatic nitrogens is 1. The van der Waals surface area contributed by atoms with Crippen LogP contribution in [0.25, 0.3) is 10.9 Å². The summed E-state index contributed by atoms with van der Waals surface area (Å²) in [6, 6.07) is 9.51. The van der Waals surface area contributed by atoms with Crippen LogP contribution in [0.3, 0.4) is 0 Å². The molecular formula is C18H24N2O. The van der Waals surface area contributed by atoms with E-state index in [0.29, 0.717) is 5.56 Å². The molecule has 0 aliphatic rings. The average Bonchev–Trinajstić information content (AvgIpc) is 2.34. The molecule has 0 spiro atoms. The van der Waals surface area contributed by atoms with E-state index in [9.17, 15) is 4.79 Å². The van der Waals surface area contributed by atoms with E-state index >= 15 is 0 Å². The molecule has 0 radical (unpaired) electrons. The van der Waals surface area contributed by atoms with E-state index in [1.54, 1.807) is 12.3 Å². The van der Waals surface area contributed by atoms with Crippen molar-refractivity contribution in [2.45, 2.75) is 46.6 Å². The van der Waals surface area contributed by atoms with Crippen molar-refractivity contribution in [3.8, 4) is 0 Å². The summed E-state index contributed by atoms with van der Waals surface area (Å²) in [5.41, 5.74) is 1.44. The van der Waals surface area contributed by atoms with E-state index in [-0.39, 0.29) is 16.9 Å². The smallest absolute Gasteiger partial charge is 0.252 e. The summed E-state index contributed by atoms with van der Waals surface area (Å²) in [6.07, 6.45) is 2.60. The number of carbonyl (C=O) groups is 1. The number of carbonyl (C=O) groups excluding carboxylic acids is 1. The van der Waals surface area contributed by atoms with Gasteiger partial charge in [-0.15, -0.1) is 0 Å². The lowest BCUT2D eigenvalue weighted by Gasteiger charge is -2.33. The molecule has 0 saturated carbocycles. The third-order valence-electron chi connectivity index (χ3n) is 3.32. The van der Waals surface area contributed by atoms with Crippen LogP contribution in [0.5, 0.6) is 0 Å². The molecule has 0 fully saturated rings. The molecule has 1 amide bonds. The van der Waals surface area contributed by atoms with Crippen LogP contribution in [0, 0.1) is 5.41 Å². The Balaban J connectivity index is 2.27. The van der Waals surface area contributed by atoms with Gasteiger partial charge >= 0.3 is 0 Å². The lowest BCUT2D eigenvalue weighted by Crippen LogP contribution is -2.45. The van der Waals surface area contributed by atoms with Crippen molar-refractivity contribution in [1.29, 1.82) is 0 Å². The summed E-state index contributed by atoms with van der Waals surface area (Å²) in [7, 11) is 0. The van der Waals surface area contributed by atoms with Crippen LogP contribution in [-0.4, -0.2) is 16.4 Å². The molecule has 0 atom stereocenters. The number of fused-ring (bicyclic) bond motifs is 1. The van der Waals surface area contributed by atoms with Gasteiger partial charge in [0.25, 0.3) is 5.91 Å². The Morgan fingerprint density at radius 2 is 1.76 bits per heavy atom. The fraction of sp³-hybridized carbons (Fsp3) is 0.444. The first-order chi connectivity index (χ1) is 9.68. The fourth-order valence-corrected chi connectivity index (χ4v) is 3.04. The van der Waals surface area contributed by atoms with E-state index in [1.807, 2.05) is 24.3 Å². The molecule has 0 aliphatic heterocycles. The van der Waals surface area contributed by atoms with Crippen molar-refractivity contribution in [2.24, 2.45) is 5.41 Å². The highest BCUT2D eigenvalue weighted by molar-refractivity contribution is 6.06. The van der Waals surface area contributed by atoms with Gasteiger partial charge in [0.1, 0.15) is 0 Å². The van der Waals surface area contributed by atoms with Gasteiger partial charge in [-0.1, -0.05) is 39.0 Å². The van der Waals surface area contributed by atoms with Crippen molar-refractivity contribution in [3.63, 3.8) is 0 Å². The minimum atomic E-state index is -0.250. The van der Waals surface area contributed by atoms with Gasteiger partial charge in [0.05, 0.1) is 11.1 Å². The number of nitrogens with zero attached hydrogens (tertiary/aromatic N) is 1. The average molecular weight is 284 g/mol. The van der Waals surface area contributed by atoms with E-state index in [1.165, 1.54) is 0 Å². The quantitative estimate of drug-likeness (QED) is 0.918. The molecule has 21 heavy (non-hydrogen) atoms. The summed E-state index contributed by atoms with van der Waals surface area (Å²) < 4.78 is 0. The number of hydrogen-bond acceptors (Lipinski definition) is 2. The molecule has 0 bridgehead atoms. The topological polar surface area (TPSA) is 42.0 Å². The maximum Gasteiger partial charge on any atom is 0.252 e. The zero-order valence-electron chi connectivity index (χ0n) is 13.5. The maximum atomic E-state index is 12.6. The van der Waals surface area contributed by atoms with Crippen LogP contribution in [0.2, 0.25) is 0 Å². The fourth-order valence-electron chi connectivity index (χ4n) is 3.04. The minimum absolute atomic E-state index is 0.0390. The second-order valence-corrected chi connectivity index (χ2v) is 7.45. The van der Waals surface area contributed by atoms with Gasteiger partial charge in [0, 0.05) is 17.1 Å². The van der Waals surface area contributed by atoms with Crippen molar-refractivity contribution < 1.29 is 4.79 Å². The molecular weight excluding hydrogens is 260 g/mol. The largest absolute Gasteiger partial charge is 0.347 e. The van der Waals surface area contributed by atoms with Gasteiger partial charge in [-0.2, -0.15) is 0 Å². The van der Waals surface area contributed by atoms with Gasteiger partial charge in [-0.25, -0.2) is 0 Å². The Kier molecular flexibility index (Phi) is 4.04. The Bertz CT molecular complexity index is 648. The van der Waals surface area contributed by atoms with Gasteiger partial charge in [0.2, 0.25) is 0 Å². The molecule has 3 nitrogen and oxygen atoms in total. The highest BCUT2D eigenvalue weighted by atomic mass is 16.1. The van der Waals surface area contributed by atoms with Crippen molar-refractivity contribution in [2.75, 3.05) is 0 Å². The number of para-hydroxylation sites is 1. The molecule has 0 saturated heterocycles. The molecule has 0 aliphatic carbocycles. The number of rotatable bonds is 3. The van der Waals surface area contributed by atoms with Crippen LogP contribution in [0.4, 0.5) is 0 Å². The normalized spacial score (nSPS) is 12.4. The predicted molar refractivity (Wildman–Crippen MR) is 87.4 cm³/mol. The highest BCUT2D eigenvalue weighted by Crippen LogP contribution is 2.27. The zero-order valence-corrected chi connectivity index (χ0v) is 13.5. The standard InChI is InChI=1S/C18H24N2O/c1-17(2,3)12-18(4,5)20-16(21)14-10-11-19-15-9-7-6-8-13(14)15/h6-11H,12H2,1-5H3,(H,20,21). The maximum absolute atomic E-state index is 12.6. The second-order valence-electron chi connectivity index (χ2n) is 7.45. The molecule has 2 aromatic rings. The van der Waals surface area contributed by atoms with Gasteiger partial charge in [-0.05, 0) is 37.8 Å². The van der Waals surface area contributed by atoms with Crippen LogP contribution >= 0.6 is 0 Å². The van der Waals surface area contributed by atoms with Gasteiger partial charge < -0.3 is 5.32 Å². The molecule has 2 rings (SSSR count). The first-order valence-electron chi connectivity index (χ1n) is 7.34. The molecule has 1 N–H and O–H groups in total. The Morgan fingerprint density at radius 3 is 2.43 bits per heavy atom. The monoisotopic (exact) mass is 284 g/mol. The highest BCUT2D eigenvalue weighted by Gasteiger charge is 2.27. The molecule has 1 aromatic carbocycles. The molecule has 0 unspecified atom stereocenters. The van der Waals surface area contributed by atoms with E-state index < -0.39 is 0 Å². The Morgan fingerprint density at radius 1 is 1.10 bits per heavy atom. The number of hydrogen-bond donors (Lipinski definition) is 1. The van der Waals surface area contributed by atoms with Crippen LogP contribution < -0.4 is 5.32 Å². The zero-order chi connectivity index (χ0) is 15.7. The van der Waals surface area contributed by atoms with E-state index in [2.05, 4.69) is 44.9 Å². The first-order valence-corrected chi connectivity index (χ1v) is 7.34. The Hall–Kier alpha value is -1.90. The lowest BCUT2D eigenvalue weighted by atomic mass is 9.81. The van der Waals surface area contributed by atoms with Crippen molar-refractivity contribution >= 4 is 16.8 Å². The van der Waals surface area contributed by atoms with Crippen molar-refractivity contribution in [1.82, 2.24) is 10.3 Å². The number of nitrogens with one attached hydrogen (secondary N) is 1. The lowest BCUT2D eigenvalue weighted by molar-refractivity contribution is 0.0893.